The molecule has 17 heavy (non-hydrogen) atoms. The van der Waals surface area contributed by atoms with E-state index in [-0.39, 0.29) is 18.6 Å². The number of aliphatic hydroxyl groups is 1. The Morgan fingerprint density at radius 3 is 2.71 bits per heavy atom. The highest BCUT2D eigenvalue weighted by atomic mass is 19.1. The van der Waals surface area contributed by atoms with E-state index in [2.05, 4.69) is 10.6 Å². The van der Waals surface area contributed by atoms with E-state index in [4.69, 9.17) is 5.11 Å². The van der Waals surface area contributed by atoms with Gasteiger partial charge in [0.05, 0.1) is 12.6 Å². The van der Waals surface area contributed by atoms with Crippen LogP contribution in [0, 0.1) is 11.7 Å². The van der Waals surface area contributed by atoms with Gasteiger partial charge in [-0.2, -0.15) is 0 Å². The Bertz CT molecular complexity index is 383. The van der Waals surface area contributed by atoms with Gasteiger partial charge in [0, 0.05) is 5.69 Å². The van der Waals surface area contributed by atoms with Crippen LogP contribution in [0.4, 0.5) is 14.9 Å². The predicted molar refractivity (Wildman–Crippen MR) is 64.3 cm³/mol. The second kappa shape index (κ2) is 6.20. The maximum Gasteiger partial charge on any atom is 0.319 e. The molecule has 0 aliphatic rings. The van der Waals surface area contributed by atoms with Crippen molar-refractivity contribution < 1.29 is 14.3 Å². The van der Waals surface area contributed by atoms with Crippen LogP contribution in [0.5, 0.6) is 0 Å². The largest absolute Gasteiger partial charge is 0.394 e. The lowest BCUT2D eigenvalue weighted by atomic mass is 10.1. The molecule has 0 aromatic heterocycles. The molecule has 5 heteroatoms. The van der Waals surface area contributed by atoms with Gasteiger partial charge in [0.15, 0.2) is 0 Å². The first-order chi connectivity index (χ1) is 8.02. The van der Waals surface area contributed by atoms with Gasteiger partial charge in [-0.3, -0.25) is 0 Å². The molecule has 1 aromatic rings. The number of carbonyl (C=O) groups is 1. The summed E-state index contributed by atoms with van der Waals surface area (Å²) in [6.45, 7) is 3.65. The Kier molecular flexibility index (Phi) is 4.90. The molecule has 3 N–H and O–H groups in total. The molecule has 0 aliphatic carbocycles. The highest BCUT2D eigenvalue weighted by Gasteiger charge is 2.14. The Hall–Kier alpha value is -1.62. The molecule has 1 atom stereocenters. The van der Waals surface area contributed by atoms with Crippen molar-refractivity contribution in [3.05, 3.63) is 30.1 Å². The Balaban J connectivity index is 2.55. The van der Waals surface area contributed by atoms with E-state index in [0.29, 0.717) is 5.69 Å². The number of urea groups is 1. The molecular formula is C12H17FN2O2. The summed E-state index contributed by atoms with van der Waals surface area (Å²) in [7, 11) is 0. The second-order valence-electron chi connectivity index (χ2n) is 4.14. The van der Waals surface area contributed by atoms with E-state index >= 15 is 0 Å². The molecule has 1 rings (SSSR count). The number of benzene rings is 1. The van der Waals surface area contributed by atoms with Gasteiger partial charge >= 0.3 is 6.03 Å². The summed E-state index contributed by atoms with van der Waals surface area (Å²) >= 11 is 0. The minimum absolute atomic E-state index is 0.123. The van der Waals surface area contributed by atoms with Crippen LogP contribution in [-0.4, -0.2) is 23.8 Å². The average molecular weight is 240 g/mol. The number of halogens is 1. The summed E-state index contributed by atoms with van der Waals surface area (Å²) in [6, 6.07) is 4.85. The van der Waals surface area contributed by atoms with Gasteiger partial charge in [-0.1, -0.05) is 19.9 Å². The Morgan fingerprint density at radius 2 is 2.18 bits per heavy atom. The van der Waals surface area contributed by atoms with Crippen molar-refractivity contribution in [2.75, 3.05) is 11.9 Å². The van der Waals surface area contributed by atoms with Crippen molar-refractivity contribution in [3.63, 3.8) is 0 Å². The molecule has 0 fully saturated rings. The van der Waals surface area contributed by atoms with Gasteiger partial charge in [-0.15, -0.1) is 0 Å². The number of nitrogens with one attached hydrogen (secondary N) is 2. The molecular weight excluding hydrogens is 223 g/mol. The number of amides is 2. The maximum absolute atomic E-state index is 12.9. The van der Waals surface area contributed by atoms with Crippen LogP contribution in [0.15, 0.2) is 24.3 Å². The molecule has 0 aliphatic heterocycles. The van der Waals surface area contributed by atoms with Crippen LogP contribution in [0.2, 0.25) is 0 Å². The van der Waals surface area contributed by atoms with Gasteiger partial charge < -0.3 is 15.7 Å². The molecule has 0 radical (unpaired) electrons. The number of hydrogen-bond donors (Lipinski definition) is 3. The van der Waals surface area contributed by atoms with Crippen LogP contribution in [-0.2, 0) is 0 Å². The maximum atomic E-state index is 12.9. The number of carbonyl (C=O) groups excluding carboxylic acids is 1. The third-order valence-corrected chi connectivity index (χ3v) is 2.40. The molecule has 2 amide bonds. The Labute approximate surface area is 99.8 Å². The minimum Gasteiger partial charge on any atom is -0.394 e. The van der Waals surface area contributed by atoms with Crippen LogP contribution in [0.3, 0.4) is 0 Å². The summed E-state index contributed by atoms with van der Waals surface area (Å²) < 4.78 is 12.9. The van der Waals surface area contributed by atoms with Crippen molar-refractivity contribution >= 4 is 11.7 Å². The monoisotopic (exact) mass is 240 g/mol. The minimum atomic E-state index is -0.455. The summed E-state index contributed by atoms with van der Waals surface area (Å²) in [6.07, 6.45) is 0. The highest BCUT2D eigenvalue weighted by Crippen LogP contribution is 2.09. The molecule has 94 valence electrons. The molecule has 0 spiro atoms. The molecule has 0 heterocycles. The van der Waals surface area contributed by atoms with Crippen molar-refractivity contribution in [1.82, 2.24) is 5.32 Å². The number of rotatable bonds is 4. The fraction of sp³-hybridized carbons (Fsp3) is 0.417. The van der Waals surface area contributed by atoms with Crippen LogP contribution in [0.25, 0.3) is 0 Å². The average Bonchev–Trinajstić information content (AvgIpc) is 2.25. The first-order valence-electron chi connectivity index (χ1n) is 5.47. The second-order valence-corrected chi connectivity index (χ2v) is 4.14. The fourth-order valence-corrected chi connectivity index (χ4v) is 1.32. The lowest BCUT2D eigenvalue weighted by Crippen LogP contribution is -2.43. The van der Waals surface area contributed by atoms with Gasteiger partial charge in [-0.25, -0.2) is 9.18 Å². The number of aliphatic hydroxyl groups excluding tert-OH is 1. The highest BCUT2D eigenvalue weighted by molar-refractivity contribution is 5.89. The lowest BCUT2D eigenvalue weighted by Gasteiger charge is -2.20. The fourth-order valence-electron chi connectivity index (χ4n) is 1.32. The molecule has 0 bridgehead atoms. The topological polar surface area (TPSA) is 61.4 Å². The van der Waals surface area contributed by atoms with Crippen LogP contribution in [0.1, 0.15) is 13.8 Å². The lowest BCUT2D eigenvalue weighted by molar-refractivity contribution is 0.204. The summed E-state index contributed by atoms with van der Waals surface area (Å²) in [5, 5.41) is 14.2. The smallest absolute Gasteiger partial charge is 0.319 e. The van der Waals surface area contributed by atoms with Crippen LogP contribution < -0.4 is 10.6 Å². The third kappa shape index (κ3) is 4.40. The summed E-state index contributed by atoms with van der Waals surface area (Å²) in [5.41, 5.74) is 0.378. The molecule has 0 saturated carbocycles. The van der Waals surface area contributed by atoms with Crippen molar-refractivity contribution in [2.24, 2.45) is 5.92 Å². The van der Waals surface area contributed by atoms with Crippen molar-refractivity contribution in [2.45, 2.75) is 19.9 Å². The summed E-state index contributed by atoms with van der Waals surface area (Å²) in [4.78, 5) is 11.5. The van der Waals surface area contributed by atoms with E-state index in [1.54, 1.807) is 6.07 Å². The number of anilines is 1. The summed E-state index contributed by atoms with van der Waals surface area (Å²) in [5.74, 6) is -0.288. The first-order valence-corrected chi connectivity index (χ1v) is 5.47. The van der Waals surface area contributed by atoms with E-state index in [1.807, 2.05) is 13.8 Å². The first kappa shape index (κ1) is 13.4. The van der Waals surface area contributed by atoms with Gasteiger partial charge in [-0.05, 0) is 24.1 Å². The molecule has 0 saturated heterocycles. The quantitative estimate of drug-likeness (QED) is 0.753. The van der Waals surface area contributed by atoms with Crippen molar-refractivity contribution in [1.29, 1.82) is 0 Å². The predicted octanol–water partition coefficient (Wildman–Crippen LogP) is 1.96. The van der Waals surface area contributed by atoms with E-state index < -0.39 is 11.8 Å². The molecule has 1 aromatic carbocycles. The van der Waals surface area contributed by atoms with Crippen LogP contribution >= 0.6 is 0 Å². The van der Waals surface area contributed by atoms with E-state index in [0.717, 1.165) is 0 Å². The van der Waals surface area contributed by atoms with Gasteiger partial charge in [0.25, 0.3) is 0 Å². The van der Waals surface area contributed by atoms with Crippen molar-refractivity contribution in [3.8, 4) is 0 Å². The SMILES string of the molecule is CC(C)[C@@H](CO)NC(=O)Nc1cccc(F)c1. The zero-order valence-corrected chi connectivity index (χ0v) is 9.90. The van der Waals surface area contributed by atoms with Gasteiger partial charge in [0.1, 0.15) is 5.82 Å². The molecule has 0 unspecified atom stereocenters. The number of hydrogen-bond acceptors (Lipinski definition) is 2. The standard InChI is InChI=1S/C12H17FN2O2/c1-8(2)11(7-16)15-12(17)14-10-5-3-4-9(13)6-10/h3-6,8,11,16H,7H2,1-2H3,(H2,14,15,17)/t11-/m1/s1. The van der Waals surface area contributed by atoms with Gasteiger partial charge in [0.2, 0.25) is 0 Å². The zero-order chi connectivity index (χ0) is 12.8. The third-order valence-electron chi connectivity index (χ3n) is 2.40. The molecule has 4 nitrogen and oxygen atoms in total. The Morgan fingerprint density at radius 1 is 1.47 bits per heavy atom. The normalized spacial score (nSPS) is 12.3. The zero-order valence-electron chi connectivity index (χ0n) is 9.90. The van der Waals surface area contributed by atoms with E-state index in [9.17, 15) is 9.18 Å². The van der Waals surface area contributed by atoms with E-state index in [1.165, 1.54) is 18.2 Å².